The third-order valence-electron chi connectivity index (χ3n) is 1.65. The number of Topliss-reactive ketones (excluding diaryl/α,β-unsaturated/α-hetero) is 1. The van der Waals surface area contributed by atoms with E-state index in [4.69, 9.17) is 5.73 Å². The highest BCUT2D eigenvalue weighted by molar-refractivity contribution is 9.10. The van der Waals surface area contributed by atoms with Crippen molar-refractivity contribution in [2.75, 3.05) is 0 Å². The zero-order valence-electron chi connectivity index (χ0n) is 7.12. The van der Waals surface area contributed by atoms with Crippen LogP contribution in [0, 0.1) is 0 Å². The molecule has 0 aromatic heterocycles. The van der Waals surface area contributed by atoms with Gasteiger partial charge in [0, 0.05) is 5.56 Å². The quantitative estimate of drug-likeness (QED) is 0.778. The van der Waals surface area contributed by atoms with Gasteiger partial charge in [0.1, 0.15) is 5.75 Å². The summed E-state index contributed by atoms with van der Waals surface area (Å²) >= 11 is 3.12. The van der Waals surface area contributed by atoms with Gasteiger partial charge in [-0.25, -0.2) is 0 Å². The maximum Gasteiger partial charge on any atom is 0.179 e. The van der Waals surface area contributed by atoms with Crippen molar-refractivity contribution < 1.29 is 9.90 Å². The van der Waals surface area contributed by atoms with Crippen LogP contribution in [0.1, 0.15) is 17.3 Å². The molecule has 4 heteroatoms. The summed E-state index contributed by atoms with van der Waals surface area (Å²) in [5.41, 5.74) is 5.93. The fraction of sp³-hybridized carbons (Fsp3) is 0.222. The Kier molecular flexibility index (Phi) is 3.06. The van der Waals surface area contributed by atoms with Crippen LogP contribution in [-0.2, 0) is 0 Å². The minimum atomic E-state index is -0.517. The van der Waals surface area contributed by atoms with Crippen LogP contribution < -0.4 is 5.73 Å². The van der Waals surface area contributed by atoms with Gasteiger partial charge in [-0.1, -0.05) is 0 Å². The van der Waals surface area contributed by atoms with E-state index in [1.807, 2.05) is 0 Å². The van der Waals surface area contributed by atoms with Gasteiger partial charge in [0.2, 0.25) is 0 Å². The number of nitrogens with two attached hydrogens (primary N) is 1. The van der Waals surface area contributed by atoms with Gasteiger partial charge in [-0.3, -0.25) is 4.79 Å². The van der Waals surface area contributed by atoms with Gasteiger partial charge in [-0.15, -0.1) is 0 Å². The molecule has 0 fully saturated rings. The Morgan fingerprint density at radius 1 is 1.62 bits per heavy atom. The number of halogens is 1. The van der Waals surface area contributed by atoms with Crippen LogP contribution >= 0.6 is 15.9 Å². The third-order valence-corrected chi connectivity index (χ3v) is 2.28. The number of phenolic OH excluding ortho intramolecular Hbond substituents is 1. The largest absolute Gasteiger partial charge is 0.507 e. The Labute approximate surface area is 84.7 Å². The molecule has 0 heterocycles. The molecule has 3 N–H and O–H groups in total. The van der Waals surface area contributed by atoms with Crippen molar-refractivity contribution in [3.05, 3.63) is 28.2 Å². The summed E-state index contributed by atoms with van der Waals surface area (Å²) in [4.78, 5) is 11.4. The Bertz CT molecular complexity index is 336. The van der Waals surface area contributed by atoms with Crippen molar-refractivity contribution in [1.82, 2.24) is 0 Å². The lowest BCUT2D eigenvalue weighted by atomic mass is 10.1. The highest BCUT2D eigenvalue weighted by atomic mass is 79.9. The van der Waals surface area contributed by atoms with E-state index in [1.54, 1.807) is 19.1 Å². The van der Waals surface area contributed by atoms with Crippen LogP contribution in [0.4, 0.5) is 0 Å². The third kappa shape index (κ3) is 2.29. The first-order valence-corrected chi connectivity index (χ1v) is 4.60. The highest BCUT2D eigenvalue weighted by Crippen LogP contribution is 2.24. The van der Waals surface area contributed by atoms with Crippen molar-refractivity contribution in [3.63, 3.8) is 0 Å². The molecule has 0 aliphatic heterocycles. The number of benzene rings is 1. The highest BCUT2D eigenvalue weighted by Gasteiger charge is 2.11. The summed E-state index contributed by atoms with van der Waals surface area (Å²) in [6.07, 6.45) is 0. The Balaban J connectivity index is 3.04. The molecule has 0 aliphatic carbocycles. The molecule has 0 radical (unpaired) electrons. The molecule has 0 spiro atoms. The van der Waals surface area contributed by atoms with E-state index in [0.29, 0.717) is 10.0 Å². The van der Waals surface area contributed by atoms with Crippen LogP contribution in [0.25, 0.3) is 0 Å². The average Bonchev–Trinajstić information content (AvgIpc) is 2.08. The molecule has 0 saturated carbocycles. The zero-order valence-corrected chi connectivity index (χ0v) is 8.71. The smallest absolute Gasteiger partial charge is 0.179 e. The van der Waals surface area contributed by atoms with Gasteiger partial charge in [0.25, 0.3) is 0 Å². The summed E-state index contributed by atoms with van der Waals surface area (Å²) in [6, 6.07) is 4.04. The summed E-state index contributed by atoms with van der Waals surface area (Å²) in [6.45, 7) is 1.63. The van der Waals surface area contributed by atoms with Gasteiger partial charge in [-0.2, -0.15) is 0 Å². The molecule has 1 rings (SSSR count). The summed E-state index contributed by atoms with van der Waals surface area (Å²) in [5.74, 6) is -0.0260. The van der Waals surface area contributed by atoms with Crippen molar-refractivity contribution >= 4 is 21.7 Å². The van der Waals surface area contributed by atoms with E-state index >= 15 is 0 Å². The van der Waals surface area contributed by atoms with E-state index in [0.717, 1.165) is 0 Å². The van der Waals surface area contributed by atoms with Gasteiger partial charge >= 0.3 is 0 Å². The van der Waals surface area contributed by atoms with Crippen LogP contribution in [0.3, 0.4) is 0 Å². The normalized spacial score (nSPS) is 12.5. The molecule has 1 aromatic rings. The first-order valence-electron chi connectivity index (χ1n) is 3.80. The maximum absolute atomic E-state index is 11.4. The van der Waals surface area contributed by atoms with Crippen LogP contribution in [0.2, 0.25) is 0 Å². The average molecular weight is 244 g/mol. The van der Waals surface area contributed by atoms with Crippen molar-refractivity contribution in [2.24, 2.45) is 5.73 Å². The van der Waals surface area contributed by atoms with Gasteiger partial charge in [0.15, 0.2) is 5.78 Å². The predicted octanol–water partition coefficient (Wildman–Crippen LogP) is 1.68. The number of rotatable bonds is 2. The lowest BCUT2D eigenvalue weighted by Crippen LogP contribution is -2.26. The molecule has 0 bridgehead atoms. The fourth-order valence-corrected chi connectivity index (χ4v) is 1.30. The molecule has 13 heavy (non-hydrogen) atoms. The monoisotopic (exact) mass is 243 g/mol. The minimum absolute atomic E-state index is 0.112. The summed E-state index contributed by atoms with van der Waals surface area (Å²) in [7, 11) is 0. The molecule has 70 valence electrons. The molecule has 3 nitrogen and oxygen atoms in total. The molecule has 0 saturated heterocycles. The predicted molar refractivity (Wildman–Crippen MR) is 53.8 cm³/mol. The molecule has 0 amide bonds. The Morgan fingerprint density at radius 2 is 2.23 bits per heavy atom. The standard InChI is InChI=1S/C9H10BrNO2/c1-5(11)9(13)6-2-3-8(12)7(10)4-6/h2-5,12H,11H2,1H3. The van der Waals surface area contributed by atoms with Crippen molar-refractivity contribution in [1.29, 1.82) is 0 Å². The topological polar surface area (TPSA) is 63.3 Å². The van der Waals surface area contributed by atoms with E-state index in [-0.39, 0.29) is 11.5 Å². The van der Waals surface area contributed by atoms with E-state index in [1.165, 1.54) is 6.07 Å². The van der Waals surface area contributed by atoms with Gasteiger partial charge in [0.05, 0.1) is 10.5 Å². The molecular weight excluding hydrogens is 234 g/mol. The second kappa shape index (κ2) is 3.89. The maximum atomic E-state index is 11.4. The molecule has 1 aromatic carbocycles. The number of hydrogen-bond donors (Lipinski definition) is 2. The Morgan fingerprint density at radius 3 is 2.69 bits per heavy atom. The van der Waals surface area contributed by atoms with Crippen molar-refractivity contribution in [3.8, 4) is 5.75 Å². The van der Waals surface area contributed by atoms with Crippen LogP contribution in [-0.4, -0.2) is 16.9 Å². The second-order valence-corrected chi connectivity index (χ2v) is 3.67. The first kappa shape index (κ1) is 10.2. The lowest BCUT2D eigenvalue weighted by molar-refractivity contribution is 0.0968. The number of carbonyl (C=O) groups excluding carboxylic acids is 1. The van der Waals surface area contributed by atoms with E-state index in [9.17, 15) is 9.90 Å². The van der Waals surface area contributed by atoms with Crippen LogP contribution in [0.15, 0.2) is 22.7 Å². The SMILES string of the molecule is CC(N)C(=O)c1ccc(O)c(Br)c1. The van der Waals surface area contributed by atoms with E-state index < -0.39 is 6.04 Å². The van der Waals surface area contributed by atoms with E-state index in [2.05, 4.69) is 15.9 Å². The number of aromatic hydroxyl groups is 1. The number of hydrogen-bond acceptors (Lipinski definition) is 3. The van der Waals surface area contributed by atoms with Gasteiger partial charge < -0.3 is 10.8 Å². The minimum Gasteiger partial charge on any atom is -0.507 e. The molecule has 1 atom stereocenters. The number of carbonyl (C=O) groups is 1. The van der Waals surface area contributed by atoms with Crippen LogP contribution in [0.5, 0.6) is 5.75 Å². The molecule has 1 unspecified atom stereocenters. The lowest BCUT2D eigenvalue weighted by Gasteiger charge is -2.05. The first-order chi connectivity index (χ1) is 6.02. The van der Waals surface area contributed by atoms with Crippen molar-refractivity contribution in [2.45, 2.75) is 13.0 Å². The number of phenols is 1. The van der Waals surface area contributed by atoms with Gasteiger partial charge in [-0.05, 0) is 41.1 Å². The Hall–Kier alpha value is -0.870. The summed E-state index contributed by atoms with van der Waals surface area (Å²) in [5, 5.41) is 9.17. The molecule has 0 aliphatic rings. The second-order valence-electron chi connectivity index (χ2n) is 2.82. The number of ketones is 1. The fourth-order valence-electron chi connectivity index (χ4n) is 0.923. The molecular formula is C9H10BrNO2. The zero-order chi connectivity index (χ0) is 10.0. The summed E-state index contributed by atoms with van der Waals surface area (Å²) < 4.78 is 0.499.